The largest absolute Gasteiger partial charge is 0.432 e. The topological polar surface area (TPSA) is 32.9 Å². The molecule has 0 aliphatic heterocycles. The maximum absolute atomic E-state index is 12.4. The third-order valence-electron chi connectivity index (χ3n) is 1.65. The zero-order valence-electron chi connectivity index (χ0n) is 7.43. The minimum absolute atomic E-state index is 0.812. The maximum atomic E-state index is 12.4. The van der Waals surface area contributed by atoms with Crippen molar-refractivity contribution in [2.24, 2.45) is 0 Å². The van der Waals surface area contributed by atoms with Gasteiger partial charge in [-0.25, -0.2) is 0 Å². The molecule has 2 nitrogen and oxygen atoms in total. The summed E-state index contributed by atoms with van der Waals surface area (Å²) in [4.78, 5) is 12.5. The molecule has 0 radical (unpaired) electrons. The molecule has 1 aromatic rings. The number of pyridine rings is 1. The highest BCUT2D eigenvalue weighted by atomic mass is 127. The molecule has 0 spiro atoms. The molecule has 0 atom stereocenters. The molecule has 1 rings (SSSR count). The predicted octanol–water partition coefficient (Wildman–Crippen LogP) is 3.62. The molecule has 0 unspecified atom stereocenters. The Labute approximate surface area is 117 Å². The molecule has 17 heavy (non-hydrogen) atoms. The molecular formula is C7HF6I2NO. The first-order valence-corrected chi connectivity index (χ1v) is 5.87. The van der Waals surface area contributed by atoms with Crippen molar-refractivity contribution >= 4 is 45.2 Å². The Kier molecular flexibility index (Phi) is 4.06. The third kappa shape index (κ3) is 3.06. The van der Waals surface area contributed by atoms with Gasteiger partial charge in [0, 0.05) is 0 Å². The van der Waals surface area contributed by atoms with E-state index in [-0.39, 0.29) is 0 Å². The first kappa shape index (κ1) is 15.0. The lowest BCUT2D eigenvalue weighted by molar-refractivity contribution is -0.151. The highest BCUT2D eigenvalue weighted by molar-refractivity contribution is 14.1. The second-order valence-corrected chi connectivity index (χ2v) is 4.99. The van der Waals surface area contributed by atoms with Crippen molar-refractivity contribution in [3.63, 3.8) is 0 Å². The molecule has 0 saturated heterocycles. The van der Waals surface area contributed by atoms with Gasteiger partial charge in [0.15, 0.2) is 0 Å². The standard InChI is InChI=1S/C7HF6I2NO/c8-6(9,10)4-1(14)3(17)2(15)5(16-4)7(11,12)13/h(H,16,17). The van der Waals surface area contributed by atoms with Crippen molar-refractivity contribution in [2.75, 3.05) is 0 Å². The summed E-state index contributed by atoms with van der Waals surface area (Å²) in [5.41, 5.74) is -4.66. The van der Waals surface area contributed by atoms with Crippen molar-refractivity contribution in [3.8, 4) is 0 Å². The number of rotatable bonds is 0. The second kappa shape index (κ2) is 4.59. The fourth-order valence-corrected chi connectivity index (χ4v) is 2.89. The molecule has 0 aliphatic carbocycles. The fraction of sp³-hybridized carbons (Fsp3) is 0.286. The van der Waals surface area contributed by atoms with Crippen LogP contribution in [0.25, 0.3) is 0 Å². The van der Waals surface area contributed by atoms with Crippen LogP contribution in [0.4, 0.5) is 26.3 Å². The summed E-state index contributed by atoms with van der Waals surface area (Å²) in [7, 11) is 0. The maximum Gasteiger partial charge on any atom is 0.432 e. The number of H-pyrrole nitrogens is 1. The van der Waals surface area contributed by atoms with Gasteiger partial charge in [-0.1, -0.05) is 0 Å². The van der Waals surface area contributed by atoms with Gasteiger partial charge in [0.2, 0.25) is 5.43 Å². The van der Waals surface area contributed by atoms with E-state index in [0.717, 1.165) is 45.2 Å². The third-order valence-corrected chi connectivity index (χ3v) is 3.71. The van der Waals surface area contributed by atoms with Crippen LogP contribution in [-0.4, -0.2) is 4.98 Å². The van der Waals surface area contributed by atoms with Gasteiger partial charge in [0.05, 0.1) is 7.14 Å². The SMILES string of the molecule is O=c1c(I)c(C(F)(F)F)[nH]c(C(F)(F)F)c1I. The number of nitrogens with one attached hydrogen (secondary N) is 1. The van der Waals surface area contributed by atoms with E-state index >= 15 is 0 Å². The Bertz CT molecular complexity index is 462. The van der Waals surface area contributed by atoms with Crippen LogP contribution in [-0.2, 0) is 12.4 Å². The second-order valence-electron chi connectivity index (χ2n) is 2.83. The summed E-state index contributed by atoms with van der Waals surface area (Å²) in [6, 6.07) is 0. The van der Waals surface area contributed by atoms with Gasteiger partial charge in [-0.3, -0.25) is 4.79 Å². The Morgan fingerprint density at radius 1 is 0.824 bits per heavy atom. The van der Waals surface area contributed by atoms with Crippen molar-refractivity contribution < 1.29 is 26.3 Å². The molecule has 0 fully saturated rings. The van der Waals surface area contributed by atoms with E-state index in [0.29, 0.717) is 0 Å². The van der Waals surface area contributed by atoms with Crippen molar-refractivity contribution in [2.45, 2.75) is 12.4 Å². The van der Waals surface area contributed by atoms with Gasteiger partial charge in [-0.15, -0.1) is 0 Å². The van der Waals surface area contributed by atoms with Gasteiger partial charge in [0.25, 0.3) is 0 Å². The average Bonchev–Trinajstić information content (AvgIpc) is 2.10. The van der Waals surface area contributed by atoms with Crippen LogP contribution in [0.3, 0.4) is 0 Å². The molecule has 0 aliphatic rings. The Balaban J connectivity index is 3.69. The number of aromatic amines is 1. The van der Waals surface area contributed by atoms with Crippen LogP contribution in [0.5, 0.6) is 0 Å². The van der Waals surface area contributed by atoms with Crippen LogP contribution < -0.4 is 5.43 Å². The lowest BCUT2D eigenvalue weighted by Crippen LogP contribution is -2.26. The van der Waals surface area contributed by atoms with Gasteiger partial charge in [-0.05, 0) is 45.2 Å². The predicted molar refractivity (Wildman–Crippen MR) is 62.5 cm³/mol. The molecule has 1 heterocycles. The van der Waals surface area contributed by atoms with E-state index in [1.54, 1.807) is 0 Å². The first-order valence-electron chi connectivity index (χ1n) is 3.72. The van der Waals surface area contributed by atoms with Crippen LogP contribution in [0, 0.1) is 7.14 Å². The average molecular weight is 483 g/mol. The summed E-state index contributed by atoms with van der Waals surface area (Å²) < 4.78 is 72.7. The smallest absolute Gasteiger partial charge is 0.346 e. The van der Waals surface area contributed by atoms with Crippen molar-refractivity contribution in [1.82, 2.24) is 4.98 Å². The number of hydrogen-bond donors (Lipinski definition) is 1. The Morgan fingerprint density at radius 2 is 1.12 bits per heavy atom. The molecule has 1 N–H and O–H groups in total. The number of aromatic nitrogens is 1. The lowest BCUT2D eigenvalue weighted by Gasteiger charge is -2.14. The van der Waals surface area contributed by atoms with E-state index < -0.39 is 36.3 Å². The van der Waals surface area contributed by atoms with Crippen LogP contribution in [0.1, 0.15) is 11.4 Å². The number of halogens is 8. The molecule has 0 saturated carbocycles. The number of alkyl halides is 6. The zero-order valence-corrected chi connectivity index (χ0v) is 11.7. The lowest BCUT2D eigenvalue weighted by atomic mass is 10.3. The summed E-state index contributed by atoms with van der Waals surface area (Å²) in [5, 5.41) is 0. The molecule has 1 aromatic heterocycles. The Morgan fingerprint density at radius 3 is 1.35 bits per heavy atom. The molecule has 0 aromatic carbocycles. The van der Waals surface area contributed by atoms with E-state index in [2.05, 4.69) is 0 Å². The van der Waals surface area contributed by atoms with E-state index in [1.165, 1.54) is 4.98 Å². The summed E-state index contributed by atoms with van der Waals surface area (Å²) >= 11 is 2.13. The van der Waals surface area contributed by atoms with Gasteiger partial charge in [-0.2, -0.15) is 26.3 Å². The number of hydrogen-bond acceptors (Lipinski definition) is 1. The van der Waals surface area contributed by atoms with Crippen LogP contribution >= 0.6 is 45.2 Å². The Hall–Kier alpha value is -0.0100. The van der Waals surface area contributed by atoms with Crippen LogP contribution in [0.2, 0.25) is 0 Å². The normalized spacial score (nSPS) is 12.9. The molecule has 0 bridgehead atoms. The minimum Gasteiger partial charge on any atom is -0.346 e. The van der Waals surface area contributed by atoms with Crippen molar-refractivity contribution in [3.05, 3.63) is 28.8 Å². The summed E-state index contributed by atoms with van der Waals surface area (Å²) in [5.74, 6) is 0. The van der Waals surface area contributed by atoms with Crippen molar-refractivity contribution in [1.29, 1.82) is 0 Å². The molecule has 10 heteroatoms. The molecule has 96 valence electrons. The molecule has 0 amide bonds. The summed E-state index contributed by atoms with van der Waals surface area (Å²) in [6.07, 6.45) is -10.1. The first-order chi connectivity index (χ1) is 7.46. The quantitative estimate of drug-likeness (QED) is 0.445. The van der Waals surface area contributed by atoms with E-state index in [9.17, 15) is 31.1 Å². The highest BCUT2D eigenvalue weighted by Gasteiger charge is 2.41. The van der Waals surface area contributed by atoms with E-state index in [4.69, 9.17) is 0 Å². The monoisotopic (exact) mass is 483 g/mol. The van der Waals surface area contributed by atoms with Crippen LogP contribution in [0.15, 0.2) is 4.79 Å². The van der Waals surface area contributed by atoms with E-state index in [1.807, 2.05) is 0 Å². The zero-order chi connectivity index (χ0) is 13.6. The molecular weight excluding hydrogens is 482 g/mol. The summed E-state index contributed by atoms with van der Waals surface area (Å²) in [6.45, 7) is 0. The van der Waals surface area contributed by atoms with Gasteiger partial charge < -0.3 is 4.98 Å². The van der Waals surface area contributed by atoms with Gasteiger partial charge >= 0.3 is 12.4 Å². The minimum atomic E-state index is -5.04. The fourth-order valence-electron chi connectivity index (χ4n) is 0.949. The highest BCUT2D eigenvalue weighted by Crippen LogP contribution is 2.35. The van der Waals surface area contributed by atoms with Gasteiger partial charge in [0.1, 0.15) is 11.4 Å².